The number of hydrogen-bond donors (Lipinski definition) is 1. The Hall–Kier alpha value is -1.12. The van der Waals surface area contributed by atoms with Gasteiger partial charge < -0.3 is 5.32 Å². The summed E-state index contributed by atoms with van der Waals surface area (Å²) in [5, 5.41) is 3.09. The van der Waals surface area contributed by atoms with Crippen LogP contribution in [0.25, 0.3) is 0 Å². The predicted octanol–water partition coefficient (Wildman–Crippen LogP) is 3.21. The van der Waals surface area contributed by atoms with Crippen molar-refractivity contribution in [3.63, 3.8) is 0 Å². The smallest absolute Gasteiger partial charge is 0.214 e. The van der Waals surface area contributed by atoms with Crippen molar-refractivity contribution in [3.8, 4) is 0 Å². The van der Waals surface area contributed by atoms with Gasteiger partial charge in [-0.2, -0.15) is 4.39 Å². The van der Waals surface area contributed by atoms with Gasteiger partial charge >= 0.3 is 0 Å². The van der Waals surface area contributed by atoms with Gasteiger partial charge in [-0.3, -0.25) is 0 Å². The molecule has 1 aromatic heterocycles. The van der Waals surface area contributed by atoms with E-state index in [9.17, 15) is 4.39 Å². The molecule has 0 bridgehead atoms. The molecule has 0 unspecified atom stereocenters. The molecular formula is C11H17FN2. The van der Waals surface area contributed by atoms with Gasteiger partial charge in [0, 0.05) is 6.54 Å². The molecule has 0 aliphatic carbocycles. The molecule has 1 aromatic rings. The van der Waals surface area contributed by atoms with Crippen LogP contribution in [0.1, 0.15) is 32.6 Å². The van der Waals surface area contributed by atoms with Gasteiger partial charge in [0.15, 0.2) is 0 Å². The van der Waals surface area contributed by atoms with Crippen LogP contribution in [-0.2, 0) is 0 Å². The molecule has 0 fully saturated rings. The second-order valence-corrected chi connectivity index (χ2v) is 3.33. The second-order valence-electron chi connectivity index (χ2n) is 3.33. The van der Waals surface area contributed by atoms with Crippen molar-refractivity contribution in [2.24, 2.45) is 0 Å². The summed E-state index contributed by atoms with van der Waals surface area (Å²) in [4.78, 5) is 3.71. The van der Waals surface area contributed by atoms with Gasteiger partial charge in [-0.15, -0.1) is 0 Å². The second kappa shape index (κ2) is 6.35. The zero-order valence-corrected chi connectivity index (χ0v) is 8.59. The van der Waals surface area contributed by atoms with E-state index in [0.717, 1.165) is 13.0 Å². The number of nitrogens with zero attached hydrogens (tertiary/aromatic N) is 1. The number of aromatic nitrogens is 1. The molecule has 0 aliphatic rings. The topological polar surface area (TPSA) is 24.9 Å². The number of rotatable bonds is 6. The standard InChI is InChI=1S/C11H17FN2/c1-2-3-4-5-9-13-11-8-6-7-10(12)14-11/h6-8H,2-5,9H2,1H3,(H,13,14). The van der Waals surface area contributed by atoms with E-state index in [1.807, 2.05) is 0 Å². The van der Waals surface area contributed by atoms with E-state index in [1.165, 1.54) is 25.3 Å². The first-order chi connectivity index (χ1) is 6.83. The maximum Gasteiger partial charge on any atom is 0.214 e. The summed E-state index contributed by atoms with van der Waals surface area (Å²) in [7, 11) is 0. The van der Waals surface area contributed by atoms with E-state index in [-0.39, 0.29) is 0 Å². The Kier molecular flexibility index (Phi) is 4.97. The number of hydrogen-bond acceptors (Lipinski definition) is 2. The molecule has 1 heterocycles. The molecule has 2 nitrogen and oxygen atoms in total. The van der Waals surface area contributed by atoms with Crippen molar-refractivity contribution in [2.45, 2.75) is 32.6 Å². The zero-order valence-electron chi connectivity index (χ0n) is 8.59. The third-order valence-electron chi connectivity index (χ3n) is 2.05. The van der Waals surface area contributed by atoms with Gasteiger partial charge in [0.2, 0.25) is 5.95 Å². The average molecular weight is 196 g/mol. The van der Waals surface area contributed by atoms with Crippen LogP contribution < -0.4 is 5.32 Å². The van der Waals surface area contributed by atoms with Crippen LogP contribution >= 0.6 is 0 Å². The van der Waals surface area contributed by atoms with E-state index in [4.69, 9.17) is 0 Å². The Morgan fingerprint density at radius 2 is 2.14 bits per heavy atom. The highest BCUT2D eigenvalue weighted by Gasteiger charge is 1.94. The van der Waals surface area contributed by atoms with Gasteiger partial charge in [-0.25, -0.2) is 4.98 Å². The Balaban J connectivity index is 2.18. The van der Waals surface area contributed by atoms with Crippen LogP contribution in [0, 0.1) is 5.95 Å². The lowest BCUT2D eigenvalue weighted by molar-refractivity contribution is 0.584. The summed E-state index contributed by atoms with van der Waals surface area (Å²) in [5.41, 5.74) is 0. The van der Waals surface area contributed by atoms with Crippen LogP contribution in [0.15, 0.2) is 18.2 Å². The van der Waals surface area contributed by atoms with Gasteiger partial charge in [0.1, 0.15) is 5.82 Å². The van der Waals surface area contributed by atoms with Crippen LogP contribution in [0.3, 0.4) is 0 Å². The highest BCUT2D eigenvalue weighted by Crippen LogP contribution is 2.04. The van der Waals surface area contributed by atoms with E-state index in [0.29, 0.717) is 5.82 Å². The van der Waals surface area contributed by atoms with Crippen LogP contribution in [0.5, 0.6) is 0 Å². The molecule has 0 saturated carbocycles. The van der Waals surface area contributed by atoms with Crippen LogP contribution in [-0.4, -0.2) is 11.5 Å². The molecule has 0 aromatic carbocycles. The van der Waals surface area contributed by atoms with E-state index >= 15 is 0 Å². The summed E-state index contributed by atoms with van der Waals surface area (Å²) >= 11 is 0. The molecule has 0 spiro atoms. The molecule has 0 amide bonds. The number of nitrogens with one attached hydrogen (secondary N) is 1. The molecule has 0 radical (unpaired) electrons. The monoisotopic (exact) mass is 196 g/mol. The normalized spacial score (nSPS) is 10.1. The Bertz CT molecular complexity index is 263. The third kappa shape index (κ3) is 4.21. The van der Waals surface area contributed by atoms with E-state index in [1.54, 1.807) is 12.1 Å². The molecule has 3 heteroatoms. The molecule has 0 aliphatic heterocycles. The molecular weight excluding hydrogens is 179 g/mol. The first-order valence-corrected chi connectivity index (χ1v) is 5.19. The number of halogens is 1. The summed E-state index contributed by atoms with van der Waals surface area (Å²) in [6.07, 6.45) is 4.83. The highest BCUT2D eigenvalue weighted by molar-refractivity contribution is 5.33. The van der Waals surface area contributed by atoms with Gasteiger partial charge in [0.25, 0.3) is 0 Å². The molecule has 14 heavy (non-hydrogen) atoms. The van der Waals surface area contributed by atoms with Crippen molar-refractivity contribution in [2.75, 3.05) is 11.9 Å². The maximum atomic E-state index is 12.6. The molecule has 1 rings (SSSR count). The minimum atomic E-state index is -0.427. The summed E-state index contributed by atoms with van der Waals surface area (Å²) in [5.74, 6) is 0.199. The summed E-state index contributed by atoms with van der Waals surface area (Å²) in [6.45, 7) is 3.05. The van der Waals surface area contributed by atoms with Crippen molar-refractivity contribution in [1.82, 2.24) is 4.98 Å². The first-order valence-electron chi connectivity index (χ1n) is 5.19. The largest absolute Gasteiger partial charge is 0.370 e. The maximum absolute atomic E-state index is 12.6. The highest BCUT2D eigenvalue weighted by atomic mass is 19.1. The average Bonchev–Trinajstić information content (AvgIpc) is 2.18. The first kappa shape index (κ1) is 11.0. The van der Waals surface area contributed by atoms with E-state index < -0.39 is 5.95 Å². The predicted molar refractivity (Wildman–Crippen MR) is 56.8 cm³/mol. The SMILES string of the molecule is CCCCCCNc1cccc(F)n1. The quantitative estimate of drug-likeness (QED) is 0.558. The Morgan fingerprint density at radius 3 is 2.86 bits per heavy atom. The Morgan fingerprint density at radius 1 is 1.29 bits per heavy atom. The molecule has 1 N–H and O–H groups in total. The summed E-state index contributed by atoms with van der Waals surface area (Å²) in [6, 6.07) is 4.79. The molecule has 0 saturated heterocycles. The lowest BCUT2D eigenvalue weighted by Gasteiger charge is -2.04. The van der Waals surface area contributed by atoms with Crippen molar-refractivity contribution >= 4 is 5.82 Å². The van der Waals surface area contributed by atoms with E-state index in [2.05, 4.69) is 17.2 Å². The number of pyridine rings is 1. The third-order valence-corrected chi connectivity index (χ3v) is 2.05. The van der Waals surface area contributed by atoms with Gasteiger partial charge in [-0.1, -0.05) is 32.3 Å². The zero-order chi connectivity index (χ0) is 10.2. The lowest BCUT2D eigenvalue weighted by Crippen LogP contribution is -2.03. The van der Waals surface area contributed by atoms with Gasteiger partial charge in [-0.05, 0) is 18.6 Å². The molecule has 0 atom stereocenters. The molecule has 78 valence electrons. The van der Waals surface area contributed by atoms with Crippen LogP contribution in [0.2, 0.25) is 0 Å². The minimum absolute atomic E-state index is 0.427. The minimum Gasteiger partial charge on any atom is -0.370 e. The fourth-order valence-electron chi connectivity index (χ4n) is 1.27. The fraction of sp³-hybridized carbons (Fsp3) is 0.545. The van der Waals surface area contributed by atoms with Crippen molar-refractivity contribution in [3.05, 3.63) is 24.1 Å². The van der Waals surface area contributed by atoms with Crippen molar-refractivity contribution in [1.29, 1.82) is 0 Å². The van der Waals surface area contributed by atoms with Gasteiger partial charge in [0.05, 0.1) is 0 Å². The van der Waals surface area contributed by atoms with Crippen LogP contribution in [0.4, 0.5) is 10.2 Å². The summed E-state index contributed by atoms with van der Waals surface area (Å²) < 4.78 is 12.6. The number of unbranched alkanes of at least 4 members (excludes halogenated alkanes) is 3. The number of anilines is 1. The Labute approximate surface area is 84.6 Å². The fourth-order valence-corrected chi connectivity index (χ4v) is 1.27. The lowest BCUT2D eigenvalue weighted by atomic mass is 10.2. The van der Waals surface area contributed by atoms with Crippen molar-refractivity contribution < 1.29 is 4.39 Å².